The van der Waals surface area contributed by atoms with Crippen LogP contribution in [0.3, 0.4) is 0 Å². The van der Waals surface area contributed by atoms with Crippen LogP contribution in [-0.2, 0) is 19.6 Å². The molecule has 1 atom stereocenters. The van der Waals surface area contributed by atoms with Crippen molar-refractivity contribution >= 4 is 38.9 Å². The van der Waals surface area contributed by atoms with Crippen molar-refractivity contribution in [2.75, 3.05) is 25.0 Å². The summed E-state index contributed by atoms with van der Waals surface area (Å²) in [5.74, 6) is -1.16. The highest BCUT2D eigenvalue weighted by atomic mass is 32.2. The van der Waals surface area contributed by atoms with Gasteiger partial charge >= 0.3 is 5.97 Å². The van der Waals surface area contributed by atoms with Gasteiger partial charge in [0.05, 0.1) is 18.1 Å². The number of ether oxygens (including phenoxy) is 1. The highest BCUT2D eigenvalue weighted by Gasteiger charge is 2.33. The molecule has 9 heteroatoms. The number of esters is 1. The monoisotopic (exact) mass is 422 g/mol. The number of benzene rings is 1. The van der Waals surface area contributed by atoms with Gasteiger partial charge in [-0.1, -0.05) is 12.1 Å². The summed E-state index contributed by atoms with van der Waals surface area (Å²) in [6.45, 7) is 2.54. The summed E-state index contributed by atoms with van der Waals surface area (Å²) in [5.41, 5.74) is 0.832. The van der Waals surface area contributed by atoms with Crippen molar-refractivity contribution in [1.82, 2.24) is 4.31 Å². The SMILES string of the molecule is CCOC(=O)c1cccc(NC(=O)[C@H]2CCCN(S(=O)(=O)c3cccs3)C2)c1. The molecule has 28 heavy (non-hydrogen) atoms. The van der Waals surface area contributed by atoms with E-state index in [0.717, 1.165) is 0 Å². The smallest absolute Gasteiger partial charge is 0.338 e. The number of carbonyl (C=O) groups excluding carboxylic acids is 2. The van der Waals surface area contributed by atoms with Gasteiger partial charge < -0.3 is 10.1 Å². The maximum atomic E-state index is 12.7. The molecule has 0 unspecified atom stereocenters. The van der Waals surface area contributed by atoms with Gasteiger partial charge in [-0.2, -0.15) is 4.31 Å². The van der Waals surface area contributed by atoms with Crippen LogP contribution in [0, 0.1) is 5.92 Å². The molecule has 0 radical (unpaired) electrons. The largest absolute Gasteiger partial charge is 0.462 e. The van der Waals surface area contributed by atoms with Crippen molar-refractivity contribution in [2.24, 2.45) is 5.92 Å². The van der Waals surface area contributed by atoms with Crippen LogP contribution < -0.4 is 5.32 Å². The van der Waals surface area contributed by atoms with Crippen LogP contribution in [0.1, 0.15) is 30.1 Å². The Morgan fingerprint density at radius 3 is 2.82 bits per heavy atom. The average molecular weight is 423 g/mol. The van der Waals surface area contributed by atoms with Crippen molar-refractivity contribution in [3.63, 3.8) is 0 Å². The van der Waals surface area contributed by atoms with Crippen LogP contribution in [0.25, 0.3) is 0 Å². The second-order valence-corrected chi connectivity index (χ2v) is 9.54. The maximum Gasteiger partial charge on any atom is 0.338 e. The topological polar surface area (TPSA) is 92.8 Å². The summed E-state index contributed by atoms with van der Waals surface area (Å²) in [6.07, 6.45) is 1.23. The average Bonchev–Trinajstić information content (AvgIpc) is 3.24. The number of sulfonamides is 1. The van der Waals surface area contributed by atoms with E-state index >= 15 is 0 Å². The lowest BCUT2D eigenvalue weighted by Crippen LogP contribution is -2.43. The number of amides is 1. The van der Waals surface area contributed by atoms with E-state index in [-0.39, 0.29) is 23.3 Å². The van der Waals surface area contributed by atoms with Crippen molar-refractivity contribution in [3.8, 4) is 0 Å². The minimum absolute atomic E-state index is 0.142. The molecule has 1 saturated heterocycles. The predicted molar refractivity (Wildman–Crippen MR) is 107 cm³/mol. The summed E-state index contributed by atoms with van der Waals surface area (Å²) in [6, 6.07) is 9.79. The van der Waals surface area contributed by atoms with Crippen molar-refractivity contribution in [3.05, 3.63) is 47.3 Å². The number of nitrogens with one attached hydrogen (secondary N) is 1. The molecule has 0 saturated carbocycles. The molecule has 150 valence electrons. The molecule has 1 fully saturated rings. The number of anilines is 1. The van der Waals surface area contributed by atoms with Crippen LogP contribution in [0.4, 0.5) is 5.69 Å². The number of piperidine rings is 1. The molecule has 1 aliphatic heterocycles. The molecule has 3 rings (SSSR count). The molecule has 1 aromatic carbocycles. The van der Waals surface area contributed by atoms with E-state index in [9.17, 15) is 18.0 Å². The summed E-state index contributed by atoms with van der Waals surface area (Å²) >= 11 is 1.17. The zero-order chi connectivity index (χ0) is 20.1. The molecule has 1 aliphatic rings. The van der Waals surface area contributed by atoms with Crippen molar-refractivity contribution < 1.29 is 22.7 Å². The van der Waals surface area contributed by atoms with E-state index in [1.165, 1.54) is 15.6 Å². The maximum absolute atomic E-state index is 12.7. The highest BCUT2D eigenvalue weighted by molar-refractivity contribution is 7.91. The van der Waals surface area contributed by atoms with Crippen LogP contribution in [0.2, 0.25) is 0 Å². The van der Waals surface area contributed by atoms with E-state index in [0.29, 0.717) is 30.6 Å². The van der Waals surface area contributed by atoms with Gasteiger partial charge in [0.25, 0.3) is 10.0 Å². The van der Waals surface area contributed by atoms with E-state index in [4.69, 9.17) is 4.74 Å². The summed E-state index contributed by atoms with van der Waals surface area (Å²) < 4.78 is 32.0. The second-order valence-electron chi connectivity index (χ2n) is 6.42. The van der Waals surface area contributed by atoms with E-state index in [2.05, 4.69) is 5.32 Å². The van der Waals surface area contributed by atoms with Gasteiger partial charge in [-0.15, -0.1) is 11.3 Å². The molecule has 2 heterocycles. The third kappa shape index (κ3) is 4.60. The van der Waals surface area contributed by atoms with Gasteiger partial charge in [-0.05, 0) is 49.4 Å². The number of hydrogen-bond acceptors (Lipinski definition) is 6. The number of thiophene rings is 1. The Bertz CT molecular complexity index is 941. The number of nitrogens with zero attached hydrogens (tertiary/aromatic N) is 1. The number of carbonyl (C=O) groups is 2. The van der Waals surface area contributed by atoms with Gasteiger partial charge in [-0.25, -0.2) is 13.2 Å². The van der Waals surface area contributed by atoms with Crippen LogP contribution in [-0.4, -0.2) is 44.3 Å². The number of hydrogen-bond donors (Lipinski definition) is 1. The summed E-state index contributed by atoms with van der Waals surface area (Å²) in [4.78, 5) is 24.5. The first kappa shape index (κ1) is 20.5. The molecule has 1 amide bonds. The molecule has 0 bridgehead atoms. The fourth-order valence-corrected chi connectivity index (χ4v) is 5.76. The zero-order valence-electron chi connectivity index (χ0n) is 15.5. The Morgan fingerprint density at radius 1 is 1.29 bits per heavy atom. The predicted octanol–water partition coefficient (Wildman–Crippen LogP) is 2.96. The fourth-order valence-electron chi connectivity index (χ4n) is 3.09. The lowest BCUT2D eigenvalue weighted by molar-refractivity contribution is -0.120. The standard InChI is InChI=1S/C19H22N2O5S2/c1-2-26-19(23)14-6-3-8-16(12-14)20-18(22)15-7-4-10-21(13-15)28(24,25)17-9-5-11-27-17/h3,5-6,8-9,11-12,15H,2,4,7,10,13H2,1H3,(H,20,22)/t15-/m0/s1. The third-order valence-corrected chi connectivity index (χ3v) is 7.72. The normalized spacial score (nSPS) is 17.8. The van der Waals surface area contributed by atoms with Gasteiger partial charge in [-0.3, -0.25) is 4.79 Å². The van der Waals surface area contributed by atoms with E-state index in [1.807, 2.05) is 0 Å². The highest BCUT2D eigenvalue weighted by Crippen LogP contribution is 2.27. The summed E-state index contributed by atoms with van der Waals surface area (Å²) in [5, 5.41) is 4.51. The first-order valence-electron chi connectivity index (χ1n) is 9.03. The quantitative estimate of drug-likeness (QED) is 0.723. The van der Waals surface area contributed by atoms with Crippen molar-refractivity contribution in [1.29, 1.82) is 0 Å². The Morgan fingerprint density at radius 2 is 2.11 bits per heavy atom. The lowest BCUT2D eigenvalue weighted by Gasteiger charge is -2.30. The minimum atomic E-state index is -3.57. The minimum Gasteiger partial charge on any atom is -0.462 e. The third-order valence-electron chi connectivity index (χ3n) is 4.49. The molecule has 1 N–H and O–H groups in total. The molecular weight excluding hydrogens is 400 g/mol. The van der Waals surface area contributed by atoms with Crippen molar-refractivity contribution in [2.45, 2.75) is 24.0 Å². The Labute approximate surface area is 168 Å². The van der Waals surface area contributed by atoms with Gasteiger partial charge in [0.1, 0.15) is 4.21 Å². The first-order valence-corrected chi connectivity index (χ1v) is 11.4. The van der Waals surface area contributed by atoms with Crippen LogP contribution in [0.5, 0.6) is 0 Å². The second kappa shape index (κ2) is 8.85. The molecule has 1 aromatic heterocycles. The fraction of sp³-hybridized carbons (Fsp3) is 0.368. The molecule has 0 spiro atoms. The number of rotatable bonds is 6. The van der Waals surface area contributed by atoms with Crippen LogP contribution in [0.15, 0.2) is 46.0 Å². The Balaban J connectivity index is 1.68. The molecule has 0 aliphatic carbocycles. The molecule has 2 aromatic rings. The van der Waals surface area contributed by atoms with Crippen LogP contribution >= 0.6 is 11.3 Å². The van der Waals surface area contributed by atoms with Gasteiger partial charge in [0.2, 0.25) is 5.91 Å². The molecular formula is C19H22N2O5S2. The van der Waals surface area contributed by atoms with E-state index in [1.54, 1.807) is 48.7 Å². The summed E-state index contributed by atoms with van der Waals surface area (Å²) in [7, 11) is -3.57. The zero-order valence-corrected chi connectivity index (χ0v) is 17.1. The van der Waals surface area contributed by atoms with E-state index < -0.39 is 21.9 Å². The van der Waals surface area contributed by atoms with Gasteiger partial charge in [0, 0.05) is 18.8 Å². The van der Waals surface area contributed by atoms with Gasteiger partial charge in [0.15, 0.2) is 0 Å². The lowest BCUT2D eigenvalue weighted by atomic mass is 9.98. The Kier molecular flexibility index (Phi) is 6.48. The molecule has 7 nitrogen and oxygen atoms in total. The first-order chi connectivity index (χ1) is 13.4. The Hall–Kier alpha value is -2.23.